The number of aliphatic hydroxyl groups is 2. The normalized spacial score (nSPS) is 13.8. The van der Waals surface area contributed by atoms with Gasteiger partial charge in [-0.25, -0.2) is 4.57 Å². The van der Waals surface area contributed by atoms with E-state index in [0.29, 0.717) is 12.8 Å². The molecule has 10 nitrogen and oxygen atoms in total. The number of hydrogen-bond acceptors (Lipinski definition) is 9. The fourth-order valence-corrected chi connectivity index (χ4v) is 7.54. The fourth-order valence-electron chi connectivity index (χ4n) is 6.75. The number of rotatable bonds is 45. The summed E-state index contributed by atoms with van der Waals surface area (Å²) in [5, 5.41) is 18.4. The standard InChI is InChI=1S/C46H89O10P/c1-3-5-7-9-11-13-15-17-19-20-21-22-24-25-27-29-31-33-35-37-45(49)53-41-44(42-55-57(51,52)54-40-43(48)39-47)56-46(50)38-36-34-32-30-28-26-23-18-16-14-12-10-8-6-4-2/h14,16,43-44,47-48H,3-13,15,17-42H2,1-2H3,(H,51,52)/b16-14+/t43-,44+/m0/s1. The van der Waals surface area contributed by atoms with Gasteiger partial charge in [0.1, 0.15) is 12.7 Å². The molecule has 3 N–H and O–H groups in total. The molecule has 0 aromatic carbocycles. The van der Waals surface area contributed by atoms with Crippen LogP contribution in [0.1, 0.15) is 232 Å². The van der Waals surface area contributed by atoms with Crippen LogP contribution in [0.5, 0.6) is 0 Å². The van der Waals surface area contributed by atoms with E-state index in [4.69, 9.17) is 23.6 Å². The summed E-state index contributed by atoms with van der Waals surface area (Å²) in [6.45, 7) is 2.40. The van der Waals surface area contributed by atoms with Crippen molar-refractivity contribution in [3.8, 4) is 0 Å². The Bertz CT molecular complexity index is 961. The van der Waals surface area contributed by atoms with E-state index in [9.17, 15) is 24.2 Å². The fraction of sp³-hybridized carbons (Fsp3) is 0.913. The van der Waals surface area contributed by atoms with Gasteiger partial charge in [-0.1, -0.05) is 193 Å². The first-order valence-corrected chi connectivity index (χ1v) is 25.1. The molecule has 0 heterocycles. The molecule has 0 aromatic rings. The van der Waals surface area contributed by atoms with Crippen LogP contribution in [-0.4, -0.2) is 65.7 Å². The topological polar surface area (TPSA) is 149 Å². The van der Waals surface area contributed by atoms with Crippen LogP contribution in [0.25, 0.3) is 0 Å². The summed E-state index contributed by atoms with van der Waals surface area (Å²) in [5.74, 6) is -0.916. The van der Waals surface area contributed by atoms with Crippen molar-refractivity contribution in [2.75, 3.05) is 26.4 Å². The van der Waals surface area contributed by atoms with E-state index in [-0.39, 0.29) is 19.4 Å². The highest BCUT2D eigenvalue weighted by Crippen LogP contribution is 2.43. The Kier molecular flexibility index (Phi) is 41.9. The number of unbranched alkanes of at least 4 members (excludes halogenated alkanes) is 29. The Balaban J connectivity index is 4.19. The molecule has 0 aliphatic heterocycles. The lowest BCUT2D eigenvalue weighted by atomic mass is 10.0. The second kappa shape index (κ2) is 42.8. The lowest BCUT2D eigenvalue weighted by Crippen LogP contribution is -2.29. The van der Waals surface area contributed by atoms with Gasteiger partial charge in [-0.05, 0) is 38.5 Å². The molecule has 3 atom stereocenters. The summed E-state index contributed by atoms with van der Waals surface area (Å²) in [7, 11) is -4.61. The van der Waals surface area contributed by atoms with Crippen molar-refractivity contribution in [3.05, 3.63) is 12.2 Å². The van der Waals surface area contributed by atoms with Gasteiger partial charge in [0.05, 0.1) is 19.8 Å². The second-order valence-electron chi connectivity index (χ2n) is 16.1. The van der Waals surface area contributed by atoms with Gasteiger partial charge in [0.25, 0.3) is 0 Å². The van der Waals surface area contributed by atoms with Crippen molar-refractivity contribution in [2.45, 2.75) is 244 Å². The summed E-state index contributed by atoms with van der Waals surface area (Å²) in [6.07, 6.45) is 41.7. The van der Waals surface area contributed by atoms with Gasteiger partial charge in [-0.2, -0.15) is 0 Å². The van der Waals surface area contributed by atoms with E-state index in [0.717, 1.165) is 38.5 Å². The number of aliphatic hydroxyl groups excluding tert-OH is 2. The number of carbonyl (C=O) groups is 2. The zero-order valence-electron chi connectivity index (χ0n) is 36.8. The number of phosphoric ester groups is 1. The minimum atomic E-state index is -4.61. The lowest BCUT2D eigenvalue weighted by Gasteiger charge is -2.20. The van der Waals surface area contributed by atoms with Crippen LogP contribution in [0.2, 0.25) is 0 Å². The maximum atomic E-state index is 12.6. The monoisotopic (exact) mass is 833 g/mol. The molecule has 0 bridgehead atoms. The Labute approximate surface area is 349 Å². The van der Waals surface area contributed by atoms with Crippen molar-refractivity contribution in [3.63, 3.8) is 0 Å². The van der Waals surface area contributed by atoms with Crippen molar-refractivity contribution >= 4 is 19.8 Å². The number of phosphoric acid groups is 1. The van der Waals surface area contributed by atoms with Crippen LogP contribution in [-0.2, 0) is 32.7 Å². The maximum Gasteiger partial charge on any atom is 0.472 e. The highest BCUT2D eigenvalue weighted by molar-refractivity contribution is 7.47. The van der Waals surface area contributed by atoms with Crippen LogP contribution in [0.15, 0.2) is 12.2 Å². The molecule has 0 rings (SSSR count). The molecule has 338 valence electrons. The minimum absolute atomic E-state index is 0.183. The quantitative estimate of drug-likeness (QED) is 0.0234. The summed E-state index contributed by atoms with van der Waals surface area (Å²) >= 11 is 0. The lowest BCUT2D eigenvalue weighted by molar-refractivity contribution is -0.161. The molecule has 11 heteroatoms. The van der Waals surface area contributed by atoms with E-state index in [1.165, 1.54) is 154 Å². The first-order chi connectivity index (χ1) is 27.7. The molecule has 0 fully saturated rings. The van der Waals surface area contributed by atoms with Crippen LogP contribution in [0.3, 0.4) is 0 Å². The van der Waals surface area contributed by atoms with E-state index < -0.39 is 51.8 Å². The number of carbonyl (C=O) groups excluding carboxylic acids is 2. The molecule has 57 heavy (non-hydrogen) atoms. The largest absolute Gasteiger partial charge is 0.472 e. The van der Waals surface area contributed by atoms with Crippen LogP contribution in [0.4, 0.5) is 0 Å². The first kappa shape index (κ1) is 55.7. The predicted molar refractivity (Wildman–Crippen MR) is 233 cm³/mol. The predicted octanol–water partition coefficient (Wildman–Crippen LogP) is 12.8. The van der Waals surface area contributed by atoms with Crippen molar-refractivity contribution in [1.82, 2.24) is 0 Å². The van der Waals surface area contributed by atoms with Crippen LogP contribution >= 0.6 is 7.82 Å². The van der Waals surface area contributed by atoms with Crippen LogP contribution < -0.4 is 0 Å². The van der Waals surface area contributed by atoms with Gasteiger partial charge in [0.2, 0.25) is 0 Å². The van der Waals surface area contributed by atoms with Gasteiger partial charge >= 0.3 is 19.8 Å². The summed E-state index contributed by atoms with van der Waals surface area (Å²) < 4.78 is 32.8. The van der Waals surface area contributed by atoms with Crippen LogP contribution in [0, 0.1) is 0 Å². The third-order valence-electron chi connectivity index (χ3n) is 10.4. The van der Waals surface area contributed by atoms with E-state index in [1.54, 1.807) is 0 Å². The molecule has 0 radical (unpaired) electrons. The molecule has 0 spiro atoms. The Morgan fingerprint density at radius 2 is 0.860 bits per heavy atom. The third kappa shape index (κ3) is 42.6. The zero-order valence-corrected chi connectivity index (χ0v) is 37.7. The summed E-state index contributed by atoms with van der Waals surface area (Å²) in [6, 6.07) is 0. The van der Waals surface area contributed by atoms with Gasteiger partial charge < -0.3 is 24.6 Å². The van der Waals surface area contributed by atoms with Crippen molar-refractivity contribution < 1.29 is 47.8 Å². The zero-order chi connectivity index (χ0) is 41.9. The number of esters is 2. The number of hydrogen-bond donors (Lipinski definition) is 3. The first-order valence-electron chi connectivity index (χ1n) is 23.6. The van der Waals surface area contributed by atoms with Crippen molar-refractivity contribution in [2.24, 2.45) is 0 Å². The SMILES string of the molecule is CCCCCC/C=C/CCCCCCCCCC(=O)O[C@H](COC(=O)CCCCCCCCCCCCCCCCCCCCC)COP(=O)(O)OC[C@@H](O)CO. The highest BCUT2D eigenvalue weighted by Gasteiger charge is 2.27. The minimum Gasteiger partial charge on any atom is -0.462 e. The average molecular weight is 833 g/mol. The molecule has 0 aliphatic carbocycles. The maximum absolute atomic E-state index is 12.6. The molecule has 0 saturated carbocycles. The molecular weight excluding hydrogens is 743 g/mol. The summed E-state index contributed by atoms with van der Waals surface area (Å²) in [5.41, 5.74) is 0. The van der Waals surface area contributed by atoms with E-state index >= 15 is 0 Å². The smallest absolute Gasteiger partial charge is 0.462 e. The number of ether oxygens (including phenoxy) is 2. The summed E-state index contributed by atoms with van der Waals surface area (Å²) in [4.78, 5) is 35.1. The number of allylic oxidation sites excluding steroid dienone is 2. The van der Waals surface area contributed by atoms with Gasteiger partial charge in [-0.3, -0.25) is 18.6 Å². The second-order valence-corrected chi connectivity index (χ2v) is 17.6. The molecule has 0 aromatic heterocycles. The molecule has 0 aliphatic rings. The Morgan fingerprint density at radius 1 is 0.509 bits per heavy atom. The van der Waals surface area contributed by atoms with E-state index in [1.807, 2.05) is 0 Å². The Morgan fingerprint density at radius 3 is 1.28 bits per heavy atom. The third-order valence-corrected chi connectivity index (χ3v) is 11.4. The molecule has 0 saturated heterocycles. The molecule has 0 amide bonds. The molecule has 1 unspecified atom stereocenters. The Hall–Kier alpha value is -1.29. The highest BCUT2D eigenvalue weighted by atomic mass is 31.2. The average Bonchev–Trinajstić information content (AvgIpc) is 3.20. The van der Waals surface area contributed by atoms with Gasteiger partial charge in [-0.15, -0.1) is 0 Å². The van der Waals surface area contributed by atoms with Gasteiger partial charge in [0, 0.05) is 12.8 Å². The van der Waals surface area contributed by atoms with E-state index in [2.05, 4.69) is 26.0 Å². The van der Waals surface area contributed by atoms with Gasteiger partial charge in [0.15, 0.2) is 6.10 Å². The molecular formula is C46H89O10P. The van der Waals surface area contributed by atoms with Crippen molar-refractivity contribution in [1.29, 1.82) is 0 Å².